The van der Waals surface area contributed by atoms with Crippen LogP contribution < -0.4 is 5.73 Å². The summed E-state index contributed by atoms with van der Waals surface area (Å²) in [6, 6.07) is 4.36. The van der Waals surface area contributed by atoms with E-state index in [0.717, 1.165) is 12.8 Å². The number of nitrogens with two attached hydrogens (primary N) is 1. The highest BCUT2D eigenvalue weighted by atomic mass is 14.6. The minimum absolute atomic E-state index is 0.244. The summed E-state index contributed by atoms with van der Waals surface area (Å²) in [6.07, 6.45) is 14.6. The van der Waals surface area contributed by atoms with Gasteiger partial charge < -0.3 is 5.73 Å². The lowest BCUT2D eigenvalue weighted by Gasteiger charge is -2.15. The fourth-order valence-electron chi connectivity index (χ4n) is 2.43. The van der Waals surface area contributed by atoms with Gasteiger partial charge in [0.1, 0.15) is 0 Å². The predicted molar refractivity (Wildman–Crippen MR) is 71.7 cm³/mol. The Balaban J connectivity index is 1.84. The average Bonchev–Trinajstić information content (AvgIpc) is 2.66. The van der Waals surface area contributed by atoms with Crippen molar-refractivity contribution in [3.8, 4) is 0 Å². The molecule has 1 aromatic heterocycles. The third-order valence-corrected chi connectivity index (χ3v) is 3.52. The molecule has 0 aliphatic heterocycles. The van der Waals surface area contributed by atoms with E-state index in [2.05, 4.69) is 17.1 Å². The van der Waals surface area contributed by atoms with Gasteiger partial charge in [0.25, 0.3) is 0 Å². The second-order valence-corrected chi connectivity index (χ2v) is 4.88. The third-order valence-electron chi connectivity index (χ3n) is 3.52. The van der Waals surface area contributed by atoms with Crippen LogP contribution in [-0.4, -0.2) is 11.0 Å². The van der Waals surface area contributed by atoms with E-state index in [1.54, 1.807) is 0 Å². The van der Waals surface area contributed by atoms with Crippen LogP contribution in [-0.2, 0) is 6.42 Å². The van der Waals surface area contributed by atoms with E-state index in [1.165, 1.54) is 43.2 Å². The van der Waals surface area contributed by atoms with Crippen LogP contribution >= 0.6 is 0 Å². The molecule has 1 aliphatic rings. The number of hydrogen-bond donors (Lipinski definition) is 1. The maximum atomic E-state index is 6.28. The van der Waals surface area contributed by atoms with Gasteiger partial charge in [0.05, 0.1) is 0 Å². The monoisotopic (exact) mass is 230 g/mol. The van der Waals surface area contributed by atoms with Gasteiger partial charge in [-0.2, -0.15) is 0 Å². The van der Waals surface area contributed by atoms with E-state index in [9.17, 15) is 0 Å². The van der Waals surface area contributed by atoms with E-state index in [0.29, 0.717) is 0 Å². The first kappa shape index (κ1) is 12.3. The summed E-state index contributed by atoms with van der Waals surface area (Å²) in [6.45, 7) is 0. The maximum absolute atomic E-state index is 6.28. The van der Waals surface area contributed by atoms with Crippen molar-refractivity contribution < 1.29 is 0 Å². The molecule has 0 amide bonds. The van der Waals surface area contributed by atoms with E-state index in [-0.39, 0.29) is 6.04 Å². The van der Waals surface area contributed by atoms with Gasteiger partial charge in [0, 0.05) is 18.4 Å². The molecule has 2 N–H and O–H groups in total. The minimum Gasteiger partial charge on any atom is -0.324 e. The molecule has 1 heterocycles. The SMILES string of the molecule is NC(CCc1cccnc1)C1=CCCCCC1. The number of aryl methyl sites for hydroxylation is 1. The standard InChI is InChI=1S/C15H22N2/c16-15(14-7-3-1-2-4-8-14)10-9-13-6-5-11-17-12-13/h5-7,11-12,15H,1-4,8-10,16H2. The lowest BCUT2D eigenvalue weighted by Crippen LogP contribution is -2.23. The van der Waals surface area contributed by atoms with Crippen molar-refractivity contribution in [1.29, 1.82) is 0 Å². The van der Waals surface area contributed by atoms with Crippen LogP contribution in [0.5, 0.6) is 0 Å². The maximum Gasteiger partial charge on any atom is 0.0299 e. The summed E-state index contributed by atoms with van der Waals surface area (Å²) in [5, 5.41) is 0. The zero-order valence-electron chi connectivity index (χ0n) is 10.4. The zero-order chi connectivity index (χ0) is 11.9. The van der Waals surface area contributed by atoms with Crippen molar-refractivity contribution in [2.24, 2.45) is 5.73 Å². The number of aromatic nitrogens is 1. The predicted octanol–water partition coefficient (Wildman–Crippen LogP) is 3.23. The molecule has 2 heteroatoms. The number of nitrogens with zero attached hydrogens (tertiary/aromatic N) is 1. The Morgan fingerprint density at radius 2 is 2.24 bits per heavy atom. The Bertz CT molecular complexity index is 356. The van der Waals surface area contributed by atoms with Crippen LogP contribution in [0.2, 0.25) is 0 Å². The second-order valence-electron chi connectivity index (χ2n) is 4.88. The van der Waals surface area contributed by atoms with Gasteiger partial charge in [0.15, 0.2) is 0 Å². The molecule has 0 fully saturated rings. The summed E-state index contributed by atoms with van der Waals surface area (Å²) >= 11 is 0. The van der Waals surface area contributed by atoms with Crippen molar-refractivity contribution in [1.82, 2.24) is 4.98 Å². The summed E-state index contributed by atoms with van der Waals surface area (Å²) in [5.41, 5.74) is 9.04. The van der Waals surface area contributed by atoms with E-state index in [1.807, 2.05) is 18.5 Å². The van der Waals surface area contributed by atoms with E-state index < -0.39 is 0 Å². The van der Waals surface area contributed by atoms with Crippen LogP contribution in [0, 0.1) is 0 Å². The van der Waals surface area contributed by atoms with Gasteiger partial charge >= 0.3 is 0 Å². The topological polar surface area (TPSA) is 38.9 Å². The Morgan fingerprint density at radius 1 is 1.29 bits per heavy atom. The second kappa shape index (κ2) is 6.55. The number of allylic oxidation sites excluding steroid dienone is 1. The smallest absolute Gasteiger partial charge is 0.0299 e. The molecule has 17 heavy (non-hydrogen) atoms. The summed E-state index contributed by atoms with van der Waals surface area (Å²) in [5.74, 6) is 0. The van der Waals surface area contributed by atoms with Crippen molar-refractivity contribution in [2.75, 3.05) is 0 Å². The molecule has 92 valence electrons. The molecule has 0 bridgehead atoms. The molecule has 0 saturated heterocycles. The quantitative estimate of drug-likeness (QED) is 0.806. The molecule has 0 spiro atoms. The first-order valence-corrected chi connectivity index (χ1v) is 6.69. The normalized spacial score (nSPS) is 18.3. The van der Waals surface area contributed by atoms with Gasteiger partial charge in [-0.3, -0.25) is 4.98 Å². The highest BCUT2D eigenvalue weighted by molar-refractivity contribution is 5.14. The molecule has 2 rings (SSSR count). The molecular formula is C15H22N2. The van der Waals surface area contributed by atoms with Gasteiger partial charge in [0.2, 0.25) is 0 Å². The van der Waals surface area contributed by atoms with Gasteiger partial charge in [-0.05, 0) is 50.2 Å². The first-order chi connectivity index (χ1) is 8.36. The molecule has 1 atom stereocenters. The van der Waals surface area contributed by atoms with Crippen LogP contribution in [0.4, 0.5) is 0 Å². The van der Waals surface area contributed by atoms with E-state index in [4.69, 9.17) is 5.73 Å². The molecule has 2 nitrogen and oxygen atoms in total. The van der Waals surface area contributed by atoms with Crippen molar-refractivity contribution in [3.63, 3.8) is 0 Å². The summed E-state index contributed by atoms with van der Waals surface area (Å²) in [4.78, 5) is 4.13. The fourth-order valence-corrected chi connectivity index (χ4v) is 2.43. The molecule has 0 saturated carbocycles. The number of hydrogen-bond acceptors (Lipinski definition) is 2. The van der Waals surface area contributed by atoms with Gasteiger partial charge in [-0.1, -0.05) is 24.1 Å². The molecule has 0 radical (unpaired) electrons. The Morgan fingerprint density at radius 3 is 3.06 bits per heavy atom. The summed E-state index contributed by atoms with van der Waals surface area (Å²) < 4.78 is 0. The fraction of sp³-hybridized carbons (Fsp3) is 0.533. The zero-order valence-corrected chi connectivity index (χ0v) is 10.4. The highest BCUT2D eigenvalue weighted by Gasteiger charge is 2.11. The highest BCUT2D eigenvalue weighted by Crippen LogP contribution is 2.21. The molecule has 1 aliphatic carbocycles. The first-order valence-electron chi connectivity index (χ1n) is 6.69. The van der Waals surface area contributed by atoms with Crippen LogP contribution in [0.25, 0.3) is 0 Å². The number of rotatable bonds is 4. The number of pyridine rings is 1. The van der Waals surface area contributed by atoms with Gasteiger partial charge in [-0.15, -0.1) is 0 Å². The Kier molecular flexibility index (Phi) is 4.75. The molecule has 0 aromatic carbocycles. The van der Waals surface area contributed by atoms with Gasteiger partial charge in [-0.25, -0.2) is 0 Å². The Hall–Kier alpha value is -1.15. The minimum atomic E-state index is 0.244. The van der Waals surface area contributed by atoms with Crippen molar-refractivity contribution in [2.45, 2.75) is 51.0 Å². The van der Waals surface area contributed by atoms with Crippen LogP contribution in [0.15, 0.2) is 36.2 Å². The van der Waals surface area contributed by atoms with Crippen molar-refractivity contribution in [3.05, 3.63) is 41.7 Å². The van der Waals surface area contributed by atoms with E-state index >= 15 is 0 Å². The van der Waals surface area contributed by atoms with Crippen LogP contribution in [0.3, 0.4) is 0 Å². The lowest BCUT2D eigenvalue weighted by atomic mass is 9.97. The molecule has 1 aromatic rings. The third kappa shape index (κ3) is 3.97. The van der Waals surface area contributed by atoms with Crippen molar-refractivity contribution >= 4 is 0 Å². The molecular weight excluding hydrogens is 208 g/mol. The van der Waals surface area contributed by atoms with Crippen LogP contribution in [0.1, 0.15) is 44.1 Å². The lowest BCUT2D eigenvalue weighted by molar-refractivity contribution is 0.639. The summed E-state index contributed by atoms with van der Waals surface area (Å²) in [7, 11) is 0. The largest absolute Gasteiger partial charge is 0.324 e. The Labute approximate surface area is 104 Å². The molecule has 1 unspecified atom stereocenters. The average molecular weight is 230 g/mol.